The Balaban J connectivity index is 1.76. The van der Waals surface area contributed by atoms with Crippen molar-refractivity contribution in [3.63, 3.8) is 0 Å². The molecule has 0 saturated carbocycles. The average Bonchev–Trinajstić information content (AvgIpc) is 2.66. The van der Waals surface area contributed by atoms with Crippen LogP contribution in [0, 0.1) is 11.7 Å². The van der Waals surface area contributed by atoms with Crippen molar-refractivity contribution < 1.29 is 17.6 Å². The summed E-state index contributed by atoms with van der Waals surface area (Å²) in [6.45, 7) is 0.281. The molecule has 1 atom stereocenters. The molecule has 0 spiro atoms. The monoisotopic (exact) mass is 464 g/mol. The number of benzene rings is 2. The Labute approximate surface area is 177 Å². The molecule has 1 heterocycles. The lowest BCUT2D eigenvalue weighted by Gasteiger charge is -2.31. The van der Waals surface area contributed by atoms with Gasteiger partial charge in [-0.05, 0) is 49.2 Å². The number of hydrogen-bond donors (Lipinski definition) is 1. The first kappa shape index (κ1) is 21.3. The molecule has 1 aliphatic rings. The lowest BCUT2D eigenvalue weighted by molar-refractivity contribution is -0.120. The fourth-order valence-electron chi connectivity index (χ4n) is 3.01. The van der Waals surface area contributed by atoms with Crippen LogP contribution < -0.4 is 5.32 Å². The Morgan fingerprint density at radius 3 is 2.57 bits per heavy atom. The molecule has 0 bridgehead atoms. The predicted molar refractivity (Wildman–Crippen MR) is 108 cm³/mol. The van der Waals surface area contributed by atoms with E-state index in [0.29, 0.717) is 18.5 Å². The van der Waals surface area contributed by atoms with Crippen molar-refractivity contribution >= 4 is 56.4 Å². The van der Waals surface area contributed by atoms with E-state index in [1.165, 1.54) is 34.6 Å². The molecule has 2 aromatic carbocycles. The average molecular weight is 466 g/mol. The van der Waals surface area contributed by atoms with Gasteiger partial charge < -0.3 is 5.32 Å². The Kier molecular flexibility index (Phi) is 6.51. The zero-order valence-corrected chi connectivity index (χ0v) is 17.5. The number of nitrogens with zero attached hydrogens (tertiary/aromatic N) is 1. The lowest BCUT2D eigenvalue weighted by atomic mass is 9.99. The maximum atomic E-state index is 13.3. The van der Waals surface area contributed by atoms with Crippen LogP contribution in [-0.2, 0) is 14.8 Å². The van der Waals surface area contributed by atoms with Crippen molar-refractivity contribution in [2.75, 3.05) is 18.4 Å². The maximum Gasteiger partial charge on any atom is 0.244 e. The highest BCUT2D eigenvalue weighted by atomic mass is 35.5. The van der Waals surface area contributed by atoms with Crippen molar-refractivity contribution in [3.05, 3.63) is 57.3 Å². The molecule has 2 aromatic rings. The summed E-state index contributed by atoms with van der Waals surface area (Å²) >= 11 is 17.7. The lowest BCUT2D eigenvalue weighted by Crippen LogP contribution is -2.43. The second kappa shape index (κ2) is 8.55. The quantitative estimate of drug-likeness (QED) is 0.703. The van der Waals surface area contributed by atoms with Crippen molar-refractivity contribution in [3.8, 4) is 0 Å². The van der Waals surface area contributed by atoms with Crippen LogP contribution in [0.5, 0.6) is 0 Å². The number of carbonyl (C=O) groups excluding carboxylic acids is 1. The van der Waals surface area contributed by atoms with Crippen LogP contribution in [0.2, 0.25) is 15.1 Å². The SMILES string of the molecule is O=C(Nc1ccc(F)c(Cl)c1)[C@H]1CCCN(S(=O)(=O)c2cc(Cl)ccc2Cl)C1. The molecule has 1 aliphatic heterocycles. The zero-order valence-electron chi connectivity index (χ0n) is 14.5. The van der Waals surface area contributed by atoms with E-state index < -0.39 is 21.8 Å². The number of anilines is 1. The summed E-state index contributed by atoms with van der Waals surface area (Å²) in [5, 5.41) is 2.86. The third kappa shape index (κ3) is 4.60. The summed E-state index contributed by atoms with van der Waals surface area (Å²) in [7, 11) is -3.90. The molecule has 0 unspecified atom stereocenters. The summed E-state index contributed by atoms with van der Waals surface area (Å²) in [4.78, 5) is 12.5. The first-order valence-corrected chi connectivity index (χ1v) is 11.0. The van der Waals surface area contributed by atoms with Gasteiger partial charge in [0.25, 0.3) is 0 Å². The number of hydrogen-bond acceptors (Lipinski definition) is 3. The molecule has 1 saturated heterocycles. The number of piperidine rings is 1. The van der Waals surface area contributed by atoms with E-state index in [0.717, 1.165) is 6.07 Å². The number of nitrogens with one attached hydrogen (secondary N) is 1. The van der Waals surface area contributed by atoms with Gasteiger partial charge in [0.05, 0.1) is 16.0 Å². The highest BCUT2D eigenvalue weighted by Gasteiger charge is 2.34. The molecule has 3 rings (SSSR count). The molecule has 1 N–H and O–H groups in total. The Bertz CT molecular complexity index is 1020. The summed E-state index contributed by atoms with van der Waals surface area (Å²) in [6.07, 6.45) is 1.04. The van der Waals surface area contributed by atoms with Crippen LogP contribution in [-0.4, -0.2) is 31.7 Å². The van der Waals surface area contributed by atoms with Crippen molar-refractivity contribution in [1.29, 1.82) is 0 Å². The number of amides is 1. The topological polar surface area (TPSA) is 66.5 Å². The minimum atomic E-state index is -3.90. The van der Waals surface area contributed by atoms with Gasteiger partial charge in [0.15, 0.2) is 0 Å². The zero-order chi connectivity index (χ0) is 20.5. The van der Waals surface area contributed by atoms with Crippen LogP contribution in [0.4, 0.5) is 10.1 Å². The van der Waals surface area contributed by atoms with Crippen LogP contribution in [0.3, 0.4) is 0 Å². The first-order valence-electron chi connectivity index (χ1n) is 8.39. The van der Waals surface area contributed by atoms with Gasteiger partial charge in [-0.1, -0.05) is 34.8 Å². The van der Waals surface area contributed by atoms with E-state index in [-0.39, 0.29) is 39.0 Å². The van der Waals surface area contributed by atoms with Gasteiger partial charge in [0, 0.05) is 23.8 Å². The minimum Gasteiger partial charge on any atom is -0.326 e. The van der Waals surface area contributed by atoms with Gasteiger partial charge in [-0.15, -0.1) is 0 Å². The summed E-state index contributed by atoms with van der Waals surface area (Å²) in [5.41, 5.74) is 0.342. The molecular weight excluding hydrogens is 450 g/mol. The molecule has 10 heteroatoms. The highest BCUT2D eigenvalue weighted by Crippen LogP contribution is 2.31. The normalized spacial score (nSPS) is 18.1. The van der Waals surface area contributed by atoms with Crippen LogP contribution in [0.1, 0.15) is 12.8 Å². The molecule has 150 valence electrons. The van der Waals surface area contributed by atoms with E-state index in [9.17, 15) is 17.6 Å². The second-order valence-corrected chi connectivity index (χ2v) is 9.55. The minimum absolute atomic E-state index is 0.00589. The predicted octanol–water partition coefficient (Wildman–Crippen LogP) is 4.83. The molecule has 28 heavy (non-hydrogen) atoms. The van der Waals surface area contributed by atoms with Crippen LogP contribution in [0.15, 0.2) is 41.3 Å². The summed E-state index contributed by atoms with van der Waals surface area (Å²) in [5.74, 6) is -1.52. The number of sulfonamides is 1. The number of carbonyl (C=O) groups is 1. The molecule has 1 fully saturated rings. The molecule has 0 aromatic heterocycles. The molecule has 5 nitrogen and oxygen atoms in total. The standard InChI is InChI=1S/C18H16Cl3FN2O3S/c19-12-3-5-14(20)17(8-12)28(26,27)24-7-1-2-11(10-24)18(25)23-13-4-6-16(22)15(21)9-13/h3-6,8-9,11H,1-2,7,10H2,(H,23,25)/t11-/m0/s1. The van der Waals surface area contributed by atoms with Gasteiger partial charge in [0.2, 0.25) is 15.9 Å². The van der Waals surface area contributed by atoms with E-state index in [1.54, 1.807) is 0 Å². The highest BCUT2D eigenvalue weighted by molar-refractivity contribution is 7.89. The number of rotatable bonds is 4. The number of halogens is 4. The maximum absolute atomic E-state index is 13.3. The van der Waals surface area contributed by atoms with E-state index in [1.807, 2.05) is 0 Å². The molecule has 0 aliphatic carbocycles. The van der Waals surface area contributed by atoms with Gasteiger partial charge in [-0.25, -0.2) is 12.8 Å². The first-order chi connectivity index (χ1) is 13.2. The Morgan fingerprint density at radius 2 is 1.86 bits per heavy atom. The van der Waals surface area contributed by atoms with Crippen LogP contribution in [0.25, 0.3) is 0 Å². The summed E-state index contributed by atoms with van der Waals surface area (Å²) < 4.78 is 40.4. The fourth-order valence-corrected chi connectivity index (χ4v) is 5.45. The van der Waals surface area contributed by atoms with Gasteiger partial charge in [-0.3, -0.25) is 4.79 Å². The van der Waals surface area contributed by atoms with E-state index in [2.05, 4.69) is 5.32 Å². The third-order valence-corrected chi connectivity index (χ3v) is 7.32. The largest absolute Gasteiger partial charge is 0.326 e. The molecule has 1 amide bonds. The second-order valence-electron chi connectivity index (χ2n) is 6.40. The third-order valence-electron chi connectivity index (χ3n) is 4.45. The Morgan fingerprint density at radius 1 is 1.11 bits per heavy atom. The van der Waals surface area contributed by atoms with Gasteiger partial charge in [0.1, 0.15) is 10.7 Å². The van der Waals surface area contributed by atoms with Gasteiger partial charge >= 0.3 is 0 Å². The molecule has 0 radical (unpaired) electrons. The smallest absolute Gasteiger partial charge is 0.244 e. The van der Waals surface area contributed by atoms with Crippen molar-refractivity contribution in [2.45, 2.75) is 17.7 Å². The fraction of sp³-hybridized carbons (Fsp3) is 0.278. The van der Waals surface area contributed by atoms with Crippen molar-refractivity contribution in [1.82, 2.24) is 4.31 Å². The Hall–Kier alpha value is -1.38. The van der Waals surface area contributed by atoms with Gasteiger partial charge in [-0.2, -0.15) is 4.31 Å². The summed E-state index contributed by atoms with van der Waals surface area (Å²) in [6, 6.07) is 8.06. The molecular formula is C18H16Cl3FN2O3S. The van der Waals surface area contributed by atoms with Crippen LogP contribution >= 0.6 is 34.8 Å². The van der Waals surface area contributed by atoms with E-state index in [4.69, 9.17) is 34.8 Å². The van der Waals surface area contributed by atoms with E-state index >= 15 is 0 Å². The van der Waals surface area contributed by atoms with Crippen molar-refractivity contribution in [2.24, 2.45) is 5.92 Å².